The third-order valence-electron chi connectivity index (χ3n) is 5.24. The highest BCUT2D eigenvalue weighted by Crippen LogP contribution is 2.36. The van der Waals surface area contributed by atoms with Crippen molar-refractivity contribution in [2.75, 3.05) is 0 Å². The molecule has 3 heterocycles. The highest BCUT2D eigenvalue weighted by Gasteiger charge is 2.42. The number of aliphatic hydroxyl groups is 1. The van der Waals surface area contributed by atoms with E-state index in [4.69, 9.17) is 0 Å². The molecule has 0 spiro atoms. The van der Waals surface area contributed by atoms with Gasteiger partial charge in [0.05, 0.1) is 11.8 Å². The van der Waals surface area contributed by atoms with Crippen LogP contribution in [0.1, 0.15) is 49.1 Å². The maximum absolute atomic E-state index is 12.6. The average Bonchev–Trinajstić information content (AvgIpc) is 2.83. The predicted octanol–water partition coefficient (Wildman–Crippen LogP) is 1.48. The maximum Gasteiger partial charge on any atom is 0.223 e. The molecule has 0 aromatic carbocycles. The second-order valence-corrected chi connectivity index (χ2v) is 6.58. The molecule has 0 radical (unpaired) electrons. The van der Waals surface area contributed by atoms with Crippen LogP contribution in [-0.4, -0.2) is 43.9 Å². The molecule has 5 heteroatoms. The van der Waals surface area contributed by atoms with Gasteiger partial charge in [-0.1, -0.05) is 0 Å². The van der Waals surface area contributed by atoms with Gasteiger partial charge >= 0.3 is 0 Å². The molecule has 2 saturated heterocycles. The fourth-order valence-electron chi connectivity index (χ4n) is 4.10. The largest absolute Gasteiger partial charge is 0.393 e. The average molecular weight is 291 g/mol. The van der Waals surface area contributed by atoms with Gasteiger partial charge in [-0.15, -0.1) is 0 Å². The van der Waals surface area contributed by atoms with E-state index in [1.165, 1.54) is 5.56 Å². The summed E-state index contributed by atoms with van der Waals surface area (Å²) in [5.41, 5.74) is 3.38. The Labute approximate surface area is 125 Å². The van der Waals surface area contributed by atoms with Crippen LogP contribution in [-0.2, 0) is 18.3 Å². The van der Waals surface area contributed by atoms with Crippen molar-refractivity contribution >= 4 is 5.91 Å². The fourth-order valence-corrected chi connectivity index (χ4v) is 4.10. The zero-order valence-electron chi connectivity index (χ0n) is 13.2. The molecule has 2 fully saturated rings. The van der Waals surface area contributed by atoms with Gasteiger partial charge in [0.2, 0.25) is 5.91 Å². The van der Waals surface area contributed by atoms with Crippen LogP contribution in [0.3, 0.4) is 0 Å². The van der Waals surface area contributed by atoms with E-state index in [2.05, 4.69) is 16.9 Å². The number of carbonyl (C=O) groups excluding carboxylic acids is 1. The number of amides is 1. The van der Waals surface area contributed by atoms with E-state index >= 15 is 0 Å². The summed E-state index contributed by atoms with van der Waals surface area (Å²) in [6.45, 7) is 4.06. The lowest BCUT2D eigenvalue weighted by molar-refractivity contribution is -0.137. The maximum atomic E-state index is 12.6. The molecule has 5 nitrogen and oxygen atoms in total. The molecule has 116 valence electrons. The van der Waals surface area contributed by atoms with Gasteiger partial charge < -0.3 is 10.0 Å². The highest BCUT2D eigenvalue weighted by molar-refractivity contribution is 5.77. The van der Waals surface area contributed by atoms with Crippen molar-refractivity contribution in [1.82, 2.24) is 14.7 Å². The number of piperidine rings is 1. The molecule has 2 aliphatic rings. The van der Waals surface area contributed by atoms with E-state index in [0.29, 0.717) is 6.42 Å². The molecule has 2 atom stereocenters. The Kier molecular flexibility index (Phi) is 3.78. The molecule has 2 aliphatic heterocycles. The number of nitrogens with zero attached hydrogens (tertiary/aromatic N) is 3. The minimum absolute atomic E-state index is 0.214. The second kappa shape index (κ2) is 5.44. The molecule has 1 N–H and O–H groups in total. The van der Waals surface area contributed by atoms with Crippen LogP contribution in [0.2, 0.25) is 0 Å². The molecule has 2 unspecified atom stereocenters. The first kappa shape index (κ1) is 14.6. The summed E-state index contributed by atoms with van der Waals surface area (Å²) in [5.74, 6) is 0.247. The molecule has 3 rings (SSSR count). The number of aryl methyl sites for hydroxylation is 2. The standard InChI is InChI=1S/C16H25N3O2/c1-10-15(11(2)18(3)17-10)6-7-16(21)19-12-4-5-13(19)9-14(20)8-12/h12-14,20H,4-9H2,1-3H3. The Morgan fingerprint density at radius 2 is 1.90 bits per heavy atom. The molecule has 1 aromatic heterocycles. The number of aliphatic hydroxyl groups excluding tert-OH is 1. The first-order valence-electron chi connectivity index (χ1n) is 7.95. The molecule has 2 bridgehead atoms. The van der Waals surface area contributed by atoms with Crippen LogP contribution in [0.5, 0.6) is 0 Å². The lowest BCUT2D eigenvalue weighted by Crippen LogP contribution is -2.48. The zero-order chi connectivity index (χ0) is 15.1. The van der Waals surface area contributed by atoms with E-state index in [-0.39, 0.29) is 24.1 Å². The number of carbonyl (C=O) groups is 1. The van der Waals surface area contributed by atoms with Crippen molar-refractivity contribution in [3.05, 3.63) is 17.0 Å². The minimum Gasteiger partial charge on any atom is -0.393 e. The van der Waals surface area contributed by atoms with E-state index in [9.17, 15) is 9.90 Å². The van der Waals surface area contributed by atoms with Crippen molar-refractivity contribution in [3.8, 4) is 0 Å². The van der Waals surface area contributed by atoms with Crippen molar-refractivity contribution in [2.24, 2.45) is 7.05 Å². The molecule has 21 heavy (non-hydrogen) atoms. The van der Waals surface area contributed by atoms with Gasteiger partial charge in [0.25, 0.3) is 0 Å². The predicted molar refractivity (Wildman–Crippen MR) is 79.9 cm³/mol. The molecule has 0 aliphatic carbocycles. The smallest absolute Gasteiger partial charge is 0.223 e. The third-order valence-corrected chi connectivity index (χ3v) is 5.24. The van der Waals surface area contributed by atoms with Gasteiger partial charge in [0.1, 0.15) is 0 Å². The summed E-state index contributed by atoms with van der Waals surface area (Å²) in [6, 6.07) is 0.532. The molecular formula is C16H25N3O2. The zero-order valence-corrected chi connectivity index (χ0v) is 13.2. The Morgan fingerprint density at radius 1 is 1.29 bits per heavy atom. The quantitative estimate of drug-likeness (QED) is 0.918. The monoisotopic (exact) mass is 291 g/mol. The highest BCUT2D eigenvalue weighted by atomic mass is 16.3. The van der Waals surface area contributed by atoms with Crippen molar-refractivity contribution in [1.29, 1.82) is 0 Å². The Balaban J connectivity index is 1.65. The first-order chi connectivity index (χ1) is 9.97. The Morgan fingerprint density at radius 3 is 2.43 bits per heavy atom. The normalized spacial score (nSPS) is 28.2. The summed E-state index contributed by atoms with van der Waals surface area (Å²) in [6.07, 6.45) is 4.73. The van der Waals surface area contributed by atoms with Crippen molar-refractivity contribution in [2.45, 2.75) is 70.6 Å². The van der Waals surface area contributed by atoms with Crippen LogP contribution in [0.25, 0.3) is 0 Å². The van der Waals surface area contributed by atoms with Crippen molar-refractivity contribution in [3.63, 3.8) is 0 Å². The van der Waals surface area contributed by atoms with Crippen LogP contribution in [0.4, 0.5) is 0 Å². The summed E-state index contributed by atoms with van der Waals surface area (Å²) < 4.78 is 1.89. The van der Waals surface area contributed by atoms with E-state index in [1.807, 2.05) is 18.7 Å². The van der Waals surface area contributed by atoms with Gasteiger partial charge in [0.15, 0.2) is 0 Å². The van der Waals surface area contributed by atoms with Gasteiger partial charge in [-0.2, -0.15) is 5.10 Å². The molecule has 1 amide bonds. The number of aromatic nitrogens is 2. The second-order valence-electron chi connectivity index (χ2n) is 6.58. The van der Waals surface area contributed by atoms with Gasteiger partial charge in [-0.25, -0.2) is 0 Å². The number of hydrogen-bond donors (Lipinski definition) is 1. The number of rotatable bonds is 3. The number of fused-ring (bicyclic) bond motifs is 2. The fraction of sp³-hybridized carbons (Fsp3) is 0.750. The molecule has 0 saturated carbocycles. The van der Waals surface area contributed by atoms with Crippen LogP contribution >= 0.6 is 0 Å². The molecular weight excluding hydrogens is 266 g/mol. The Hall–Kier alpha value is -1.36. The van der Waals surface area contributed by atoms with E-state index < -0.39 is 0 Å². The van der Waals surface area contributed by atoms with Crippen molar-refractivity contribution < 1.29 is 9.90 Å². The minimum atomic E-state index is -0.214. The van der Waals surface area contributed by atoms with E-state index in [1.54, 1.807) is 0 Å². The topological polar surface area (TPSA) is 58.4 Å². The SMILES string of the molecule is Cc1nn(C)c(C)c1CCC(=O)N1C2CCC1CC(O)C2. The summed E-state index contributed by atoms with van der Waals surface area (Å²) in [7, 11) is 1.94. The van der Waals surface area contributed by atoms with Gasteiger partial charge in [-0.05, 0) is 51.5 Å². The Bertz CT molecular complexity index is 538. The van der Waals surface area contributed by atoms with Crippen LogP contribution < -0.4 is 0 Å². The van der Waals surface area contributed by atoms with Gasteiger partial charge in [0, 0.05) is 31.2 Å². The summed E-state index contributed by atoms with van der Waals surface area (Å²) in [5, 5.41) is 14.2. The number of hydrogen-bond acceptors (Lipinski definition) is 3. The summed E-state index contributed by atoms with van der Waals surface area (Å²) in [4.78, 5) is 14.6. The van der Waals surface area contributed by atoms with Crippen LogP contribution in [0.15, 0.2) is 0 Å². The van der Waals surface area contributed by atoms with Crippen LogP contribution in [0, 0.1) is 13.8 Å². The lowest BCUT2D eigenvalue weighted by atomic mass is 9.98. The summed E-state index contributed by atoms with van der Waals surface area (Å²) >= 11 is 0. The lowest BCUT2D eigenvalue weighted by Gasteiger charge is -2.37. The van der Waals surface area contributed by atoms with E-state index in [0.717, 1.165) is 43.5 Å². The third kappa shape index (κ3) is 2.59. The van der Waals surface area contributed by atoms with Gasteiger partial charge in [-0.3, -0.25) is 9.48 Å². The first-order valence-corrected chi connectivity index (χ1v) is 7.95. The molecule has 1 aromatic rings.